The molecule has 146 valence electrons. The van der Waals surface area contributed by atoms with Gasteiger partial charge in [0.25, 0.3) is 5.91 Å². The Hall–Kier alpha value is -3.54. The van der Waals surface area contributed by atoms with E-state index >= 15 is 0 Å². The van der Waals surface area contributed by atoms with Gasteiger partial charge in [0.1, 0.15) is 5.54 Å². The molecule has 1 saturated heterocycles. The van der Waals surface area contributed by atoms with Crippen molar-refractivity contribution in [2.24, 2.45) is 0 Å². The lowest BCUT2D eigenvalue weighted by Gasteiger charge is -2.22. The molecule has 1 atom stereocenters. The van der Waals surface area contributed by atoms with Gasteiger partial charge in [-0.2, -0.15) is 0 Å². The molecule has 0 saturated carbocycles. The monoisotopic (exact) mass is 388 g/mol. The van der Waals surface area contributed by atoms with Crippen molar-refractivity contribution >= 4 is 22.7 Å². The smallest absolute Gasteiger partial charge is 0.325 e. The van der Waals surface area contributed by atoms with Gasteiger partial charge in [0, 0.05) is 6.42 Å². The summed E-state index contributed by atoms with van der Waals surface area (Å²) in [6.45, 7) is 2.20. The first-order chi connectivity index (χ1) is 14.0. The molecular weight excluding hydrogens is 368 g/mol. The van der Waals surface area contributed by atoms with Gasteiger partial charge in [-0.25, -0.2) is 4.79 Å². The van der Waals surface area contributed by atoms with E-state index in [-0.39, 0.29) is 25.3 Å². The molecule has 2 aliphatic rings. The number of rotatable bonds is 4. The summed E-state index contributed by atoms with van der Waals surface area (Å²) >= 11 is 0. The number of amides is 3. The molecule has 3 aromatic carbocycles. The second-order valence-corrected chi connectivity index (χ2v) is 7.66. The molecule has 0 aliphatic carbocycles. The molecule has 1 fully saturated rings. The van der Waals surface area contributed by atoms with Gasteiger partial charge < -0.3 is 14.8 Å². The van der Waals surface area contributed by atoms with Crippen LogP contribution in [0.3, 0.4) is 0 Å². The highest BCUT2D eigenvalue weighted by molar-refractivity contribution is 6.07. The summed E-state index contributed by atoms with van der Waals surface area (Å²) in [5.74, 6) is 1.13. The molecule has 29 heavy (non-hydrogen) atoms. The number of nitrogens with zero attached hydrogens (tertiary/aromatic N) is 1. The summed E-state index contributed by atoms with van der Waals surface area (Å²) in [7, 11) is 0. The molecule has 6 nitrogen and oxygen atoms in total. The average Bonchev–Trinajstić information content (AvgIpc) is 3.26. The minimum Gasteiger partial charge on any atom is -0.454 e. The highest BCUT2D eigenvalue weighted by Gasteiger charge is 2.47. The number of fused-ring (bicyclic) bond motifs is 2. The Labute approximate surface area is 168 Å². The fourth-order valence-corrected chi connectivity index (χ4v) is 4.07. The van der Waals surface area contributed by atoms with Crippen molar-refractivity contribution < 1.29 is 19.1 Å². The fourth-order valence-electron chi connectivity index (χ4n) is 4.07. The van der Waals surface area contributed by atoms with E-state index in [0.29, 0.717) is 17.9 Å². The number of ether oxygens (including phenoxy) is 2. The fraction of sp³-hybridized carbons (Fsp3) is 0.217. The third kappa shape index (κ3) is 2.97. The van der Waals surface area contributed by atoms with E-state index in [1.165, 1.54) is 4.90 Å². The van der Waals surface area contributed by atoms with E-state index < -0.39 is 5.54 Å². The van der Waals surface area contributed by atoms with Gasteiger partial charge in [0.2, 0.25) is 6.79 Å². The van der Waals surface area contributed by atoms with Crippen LogP contribution in [0.1, 0.15) is 18.1 Å². The van der Waals surface area contributed by atoms with E-state index in [2.05, 4.69) is 5.32 Å². The van der Waals surface area contributed by atoms with Crippen LogP contribution >= 0.6 is 0 Å². The first-order valence-electron chi connectivity index (χ1n) is 9.53. The van der Waals surface area contributed by atoms with Crippen LogP contribution in [0.15, 0.2) is 60.7 Å². The Kier molecular flexibility index (Phi) is 3.94. The van der Waals surface area contributed by atoms with Gasteiger partial charge in [0.15, 0.2) is 11.5 Å². The van der Waals surface area contributed by atoms with E-state index in [0.717, 1.165) is 21.9 Å². The first kappa shape index (κ1) is 17.6. The van der Waals surface area contributed by atoms with Crippen molar-refractivity contribution in [3.63, 3.8) is 0 Å². The van der Waals surface area contributed by atoms with Gasteiger partial charge >= 0.3 is 6.03 Å². The number of nitrogens with one attached hydrogen (secondary N) is 1. The number of carbonyl (C=O) groups is 2. The average molecular weight is 388 g/mol. The van der Waals surface area contributed by atoms with Crippen molar-refractivity contribution in [1.29, 1.82) is 0 Å². The van der Waals surface area contributed by atoms with Gasteiger partial charge in [-0.15, -0.1) is 0 Å². The molecule has 0 radical (unpaired) electrons. The topological polar surface area (TPSA) is 67.9 Å². The summed E-state index contributed by atoms with van der Waals surface area (Å²) in [5, 5.41) is 5.01. The zero-order valence-corrected chi connectivity index (χ0v) is 16.0. The van der Waals surface area contributed by atoms with Crippen LogP contribution in [0.2, 0.25) is 0 Å². The molecule has 3 aromatic rings. The Morgan fingerprint density at radius 1 is 1.00 bits per heavy atom. The predicted octanol–water partition coefficient (Wildman–Crippen LogP) is 3.62. The largest absolute Gasteiger partial charge is 0.454 e. The molecule has 2 heterocycles. The molecule has 1 N–H and O–H groups in total. The molecule has 0 aromatic heterocycles. The van der Waals surface area contributed by atoms with E-state index in [9.17, 15) is 9.59 Å². The summed E-state index contributed by atoms with van der Waals surface area (Å²) in [6, 6.07) is 19.1. The van der Waals surface area contributed by atoms with Crippen LogP contribution < -0.4 is 14.8 Å². The minimum absolute atomic E-state index is 0.199. The number of hydrogen-bond acceptors (Lipinski definition) is 4. The van der Waals surface area contributed by atoms with E-state index in [4.69, 9.17) is 9.47 Å². The van der Waals surface area contributed by atoms with Gasteiger partial charge in [-0.05, 0) is 41.0 Å². The second kappa shape index (κ2) is 6.51. The van der Waals surface area contributed by atoms with Crippen LogP contribution in [0.25, 0.3) is 10.8 Å². The summed E-state index contributed by atoms with van der Waals surface area (Å²) in [4.78, 5) is 27.2. The van der Waals surface area contributed by atoms with Crippen LogP contribution in [0.5, 0.6) is 11.5 Å². The number of urea groups is 1. The first-order valence-corrected chi connectivity index (χ1v) is 9.53. The Bertz CT molecular complexity index is 1140. The third-order valence-electron chi connectivity index (χ3n) is 5.55. The lowest BCUT2D eigenvalue weighted by atomic mass is 9.92. The lowest BCUT2D eigenvalue weighted by molar-refractivity contribution is -0.131. The second-order valence-electron chi connectivity index (χ2n) is 7.66. The highest BCUT2D eigenvalue weighted by atomic mass is 16.7. The predicted molar refractivity (Wildman–Crippen MR) is 108 cm³/mol. The molecule has 0 bridgehead atoms. The zero-order chi connectivity index (χ0) is 20.0. The normalized spacial score (nSPS) is 20.4. The van der Waals surface area contributed by atoms with E-state index in [1.807, 2.05) is 60.7 Å². The Morgan fingerprint density at radius 2 is 1.79 bits per heavy atom. The molecule has 2 aliphatic heterocycles. The van der Waals surface area contributed by atoms with Crippen molar-refractivity contribution in [3.8, 4) is 11.5 Å². The number of hydrogen-bond donors (Lipinski definition) is 1. The summed E-state index contributed by atoms with van der Waals surface area (Å²) < 4.78 is 10.8. The lowest BCUT2D eigenvalue weighted by Crippen LogP contribution is -2.45. The minimum atomic E-state index is -1.00. The quantitative estimate of drug-likeness (QED) is 0.693. The molecule has 6 heteroatoms. The van der Waals surface area contributed by atoms with Gasteiger partial charge in [0.05, 0.1) is 6.54 Å². The molecular formula is C23H20N2O4. The van der Waals surface area contributed by atoms with Crippen molar-refractivity contribution in [3.05, 3.63) is 71.8 Å². The van der Waals surface area contributed by atoms with Gasteiger partial charge in [-0.3, -0.25) is 9.69 Å². The van der Waals surface area contributed by atoms with Crippen LogP contribution in [-0.2, 0) is 17.8 Å². The standard InChI is InChI=1S/C23H20N2O4/c1-23(12-15-9-10-19-20(11-15)29-14-28-19)21(26)25(22(27)24-23)13-17-7-4-6-16-5-2-3-8-18(16)17/h2-11H,12-14H2,1H3,(H,24,27). The maximum Gasteiger partial charge on any atom is 0.325 e. The molecule has 0 spiro atoms. The van der Waals surface area contributed by atoms with Crippen molar-refractivity contribution in [2.45, 2.75) is 25.4 Å². The molecule has 5 rings (SSSR count). The maximum absolute atomic E-state index is 13.2. The highest BCUT2D eigenvalue weighted by Crippen LogP contribution is 2.34. The van der Waals surface area contributed by atoms with E-state index in [1.54, 1.807) is 6.92 Å². The summed E-state index contributed by atoms with van der Waals surface area (Å²) in [5.41, 5.74) is 0.839. The molecule has 3 amide bonds. The summed E-state index contributed by atoms with van der Waals surface area (Å²) in [6.07, 6.45) is 0.375. The zero-order valence-electron chi connectivity index (χ0n) is 16.0. The number of benzene rings is 3. The van der Waals surface area contributed by atoms with Crippen molar-refractivity contribution in [1.82, 2.24) is 10.2 Å². The van der Waals surface area contributed by atoms with Gasteiger partial charge in [-0.1, -0.05) is 48.5 Å². The Balaban J connectivity index is 1.40. The Morgan fingerprint density at radius 3 is 2.69 bits per heavy atom. The SMILES string of the molecule is CC1(Cc2ccc3c(c2)OCO3)NC(=O)N(Cc2cccc3ccccc23)C1=O. The number of imide groups is 1. The third-order valence-corrected chi connectivity index (χ3v) is 5.55. The number of carbonyl (C=O) groups excluding carboxylic acids is 2. The molecule has 1 unspecified atom stereocenters. The van der Waals surface area contributed by atoms with Crippen LogP contribution in [-0.4, -0.2) is 29.2 Å². The van der Waals surface area contributed by atoms with Crippen molar-refractivity contribution in [2.75, 3.05) is 6.79 Å². The van der Waals surface area contributed by atoms with Crippen LogP contribution in [0, 0.1) is 0 Å². The maximum atomic E-state index is 13.2. The van der Waals surface area contributed by atoms with Crippen LogP contribution in [0.4, 0.5) is 4.79 Å².